The van der Waals surface area contributed by atoms with E-state index in [2.05, 4.69) is 5.32 Å². The Labute approximate surface area is 152 Å². The molecule has 2 aromatic heterocycles. The second-order valence-electron chi connectivity index (χ2n) is 7.78. The molecule has 0 spiro atoms. The maximum atomic E-state index is 13.2. The van der Waals surface area contributed by atoms with Gasteiger partial charge in [-0.15, -0.1) is 11.3 Å². The Kier molecular flexibility index (Phi) is 3.90. The summed E-state index contributed by atoms with van der Waals surface area (Å²) in [5.41, 5.74) is 0.882. The monoisotopic (exact) mass is 359 g/mol. The van der Waals surface area contributed by atoms with Crippen molar-refractivity contribution in [2.75, 3.05) is 0 Å². The molecule has 1 saturated carbocycles. The lowest BCUT2D eigenvalue weighted by Gasteiger charge is -2.46. The van der Waals surface area contributed by atoms with Crippen LogP contribution in [0, 0.1) is 0 Å². The van der Waals surface area contributed by atoms with Crippen LogP contribution in [0.5, 0.6) is 0 Å². The summed E-state index contributed by atoms with van der Waals surface area (Å²) in [6.07, 6.45) is 4.43. The van der Waals surface area contributed by atoms with Crippen LogP contribution >= 0.6 is 11.3 Å². The number of hydrogen-bond acceptors (Lipinski definition) is 3. The van der Waals surface area contributed by atoms with E-state index in [0.29, 0.717) is 12.2 Å². The minimum absolute atomic E-state index is 0.0239. The molecule has 0 aromatic carbocycles. The van der Waals surface area contributed by atoms with Gasteiger partial charge < -0.3 is 14.8 Å². The van der Waals surface area contributed by atoms with E-state index < -0.39 is 5.54 Å². The summed E-state index contributed by atoms with van der Waals surface area (Å²) in [5.74, 6) is -0.0714. The van der Waals surface area contributed by atoms with Crippen LogP contribution in [0.1, 0.15) is 56.9 Å². The minimum atomic E-state index is -0.866. The van der Waals surface area contributed by atoms with Gasteiger partial charge in [0.05, 0.1) is 16.8 Å². The summed E-state index contributed by atoms with van der Waals surface area (Å²) in [5, 5.41) is 5.25. The summed E-state index contributed by atoms with van der Waals surface area (Å²) in [6.45, 7) is 6.39. The third-order valence-electron chi connectivity index (χ3n) is 5.65. The zero-order chi connectivity index (χ0) is 17.8. The molecule has 5 nitrogen and oxygen atoms in total. The van der Waals surface area contributed by atoms with E-state index in [1.807, 2.05) is 42.9 Å². The zero-order valence-corrected chi connectivity index (χ0v) is 15.9. The molecule has 134 valence electrons. The first kappa shape index (κ1) is 16.6. The van der Waals surface area contributed by atoms with Gasteiger partial charge in [0.25, 0.3) is 5.91 Å². The first-order valence-electron chi connectivity index (χ1n) is 9.13. The van der Waals surface area contributed by atoms with Crippen LogP contribution < -0.4 is 5.32 Å². The van der Waals surface area contributed by atoms with Gasteiger partial charge in [-0.05, 0) is 51.1 Å². The Hall–Kier alpha value is -1.82. The standard InChI is InChI=1S/C19H25N3O2S/c1-12(2)22-17(23)15-10-16-14(8-9-25-16)21(15)11-19(22,3)18(24)20-13-6-4-5-7-13/h8-10,12-13H,4-7,11H2,1-3H3,(H,20,24). The highest BCUT2D eigenvalue weighted by Gasteiger charge is 2.49. The van der Waals surface area contributed by atoms with Crippen molar-refractivity contribution in [3.8, 4) is 0 Å². The number of nitrogens with one attached hydrogen (secondary N) is 1. The third kappa shape index (κ3) is 2.49. The van der Waals surface area contributed by atoms with E-state index in [0.717, 1.165) is 23.1 Å². The Morgan fingerprint density at radius 1 is 1.36 bits per heavy atom. The van der Waals surface area contributed by atoms with Crippen LogP contribution in [0.4, 0.5) is 0 Å². The van der Waals surface area contributed by atoms with Crippen LogP contribution in [-0.4, -0.2) is 38.9 Å². The molecule has 0 bridgehead atoms. The maximum Gasteiger partial charge on any atom is 0.271 e. The molecule has 3 heterocycles. The molecule has 1 N–H and O–H groups in total. The topological polar surface area (TPSA) is 54.3 Å². The molecular weight excluding hydrogens is 334 g/mol. The smallest absolute Gasteiger partial charge is 0.271 e. The number of rotatable bonds is 3. The molecule has 2 amide bonds. The predicted octanol–water partition coefficient (Wildman–Crippen LogP) is 3.38. The molecule has 1 fully saturated rings. The quantitative estimate of drug-likeness (QED) is 0.913. The van der Waals surface area contributed by atoms with Crippen LogP contribution in [-0.2, 0) is 11.3 Å². The number of carbonyl (C=O) groups excluding carboxylic acids is 2. The molecule has 6 heteroatoms. The minimum Gasteiger partial charge on any atom is -0.351 e. The Morgan fingerprint density at radius 2 is 2.08 bits per heavy atom. The van der Waals surface area contributed by atoms with Gasteiger partial charge >= 0.3 is 0 Å². The number of aromatic nitrogens is 1. The molecule has 0 saturated heterocycles. The largest absolute Gasteiger partial charge is 0.351 e. The highest BCUT2D eigenvalue weighted by atomic mass is 32.1. The predicted molar refractivity (Wildman–Crippen MR) is 99.9 cm³/mol. The number of hydrogen-bond donors (Lipinski definition) is 1. The van der Waals surface area contributed by atoms with Crippen molar-refractivity contribution in [2.24, 2.45) is 0 Å². The first-order valence-corrected chi connectivity index (χ1v) is 10.0. The second-order valence-corrected chi connectivity index (χ2v) is 8.73. The molecule has 4 rings (SSSR count). The molecule has 0 radical (unpaired) electrons. The molecule has 1 aliphatic heterocycles. The number of thiophene rings is 1. The van der Waals surface area contributed by atoms with Gasteiger partial charge in [-0.2, -0.15) is 0 Å². The molecule has 2 aromatic rings. The first-order chi connectivity index (χ1) is 11.9. The van der Waals surface area contributed by atoms with Crippen molar-refractivity contribution in [3.63, 3.8) is 0 Å². The van der Waals surface area contributed by atoms with Crippen molar-refractivity contribution in [1.29, 1.82) is 0 Å². The maximum absolute atomic E-state index is 13.2. The van der Waals surface area contributed by atoms with Crippen molar-refractivity contribution < 1.29 is 9.59 Å². The van der Waals surface area contributed by atoms with Gasteiger partial charge in [0.1, 0.15) is 11.2 Å². The molecule has 1 unspecified atom stereocenters. The fourth-order valence-electron chi connectivity index (χ4n) is 4.45. The lowest BCUT2D eigenvalue weighted by Crippen LogP contribution is -2.66. The van der Waals surface area contributed by atoms with Gasteiger partial charge in [0, 0.05) is 12.1 Å². The summed E-state index contributed by atoms with van der Waals surface area (Å²) in [4.78, 5) is 28.2. The van der Waals surface area contributed by atoms with E-state index in [1.54, 1.807) is 16.2 Å². The number of fused-ring (bicyclic) bond motifs is 3. The van der Waals surface area contributed by atoms with E-state index in [9.17, 15) is 9.59 Å². The average Bonchev–Trinajstić information content (AvgIpc) is 3.24. The Bertz CT molecular complexity index is 831. The number of nitrogens with zero attached hydrogens (tertiary/aromatic N) is 2. The number of amides is 2. The van der Waals surface area contributed by atoms with Gasteiger partial charge in [-0.25, -0.2) is 0 Å². The van der Waals surface area contributed by atoms with Crippen molar-refractivity contribution in [1.82, 2.24) is 14.8 Å². The highest BCUT2D eigenvalue weighted by Crippen LogP contribution is 2.35. The summed E-state index contributed by atoms with van der Waals surface area (Å²) >= 11 is 1.64. The fraction of sp³-hybridized carbons (Fsp3) is 0.579. The van der Waals surface area contributed by atoms with E-state index in [1.165, 1.54) is 12.8 Å². The van der Waals surface area contributed by atoms with Crippen molar-refractivity contribution in [3.05, 3.63) is 23.2 Å². The van der Waals surface area contributed by atoms with Gasteiger partial charge in [0.15, 0.2) is 0 Å². The van der Waals surface area contributed by atoms with E-state index >= 15 is 0 Å². The molecule has 2 aliphatic rings. The van der Waals surface area contributed by atoms with Crippen LogP contribution in [0.2, 0.25) is 0 Å². The SMILES string of the molecule is CC(C)N1C(=O)c2cc3sccc3n2CC1(C)C(=O)NC1CCCC1. The molecular formula is C19H25N3O2S. The number of carbonyl (C=O) groups is 2. The van der Waals surface area contributed by atoms with E-state index in [4.69, 9.17) is 0 Å². The summed E-state index contributed by atoms with van der Waals surface area (Å²) in [7, 11) is 0. The van der Waals surface area contributed by atoms with Gasteiger partial charge in [-0.1, -0.05) is 12.8 Å². The lowest BCUT2D eigenvalue weighted by atomic mass is 9.92. The normalized spacial score (nSPS) is 24.3. The Balaban J connectivity index is 1.75. The molecule has 1 atom stereocenters. The van der Waals surface area contributed by atoms with Crippen molar-refractivity contribution in [2.45, 2.75) is 70.6 Å². The zero-order valence-electron chi connectivity index (χ0n) is 15.0. The highest BCUT2D eigenvalue weighted by molar-refractivity contribution is 7.17. The molecule has 25 heavy (non-hydrogen) atoms. The fourth-order valence-corrected chi connectivity index (χ4v) is 5.28. The summed E-state index contributed by atoms with van der Waals surface area (Å²) < 4.78 is 3.13. The molecule has 1 aliphatic carbocycles. The lowest BCUT2D eigenvalue weighted by molar-refractivity contribution is -0.134. The van der Waals surface area contributed by atoms with Crippen LogP contribution in [0.15, 0.2) is 17.5 Å². The average molecular weight is 359 g/mol. The third-order valence-corrected chi connectivity index (χ3v) is 6.51. The van der Waals surface area contributed by atoms with Crippen LogP contribution in [0.3, 0.4) is 0 Å². The van der Waals surface area contributed by atoms with Crippen LogP contribution in [0.25, 0.3) is 10.2 Å². The van der Waals surface area contributed by atoms with Crippen molar-refractivity contribution >= 4 is 33.4 Å². The van der Waals surface area contributed by atoms with Gasteiger partial charge in [0.2, 0.25) is 5.91 Å². The van der Waals surface area contributed by atoms with Gasteiger partial charge in [-0.3, -0.25) is 9.59 Å². The summed E-state index contributed by atoms with van der Waals surface area (Å²) in [6, 6.07) is 4.22. The second kappa shape index (κ2) is 5.87. The Morgan fingerprint density at radius 3 is 2.76 bits per heavy atom. The van der Waals surface area contributed by atoms with E-state index in [-0.39, 0.29) is 23.9 Å².